The van der Waals surface area contributed by atoms with E-state index in [2.05, 4.69) is 22.0 Å². The molecule has 0 radical (unpaired) electrons. The van der Waals surface area contributed by atoms with Crippen molar-refractivity contribution in [1.29, 1.82) is 5.26 Å². The van der Waals surface area contributed by atoms with Crippen LogP contribution in [0.15, 0.2) is 30.3 Å². The van der Waals surface area contributed by atoms with Crippen LogP contribution in [0, 0.1) is 17.2 Å². The molecule has 2 aliphatic heterocycles. The summed E-state index contributed by atoms with van der Waals surface area (Å²) < 4.78 is 0. The molecule has 0 spiro atoms. The first kappa shape index (κ1) is 16.8. The van der Waals surface area contributed by atoms with Gasteiger partial charge in [0, 0.05) is 43.7 Å². The minimum atomic E-state index is 0.335. The molecule has 2 aliphatic rings. The summed E-state index contributed by atoms with van der Waals surface area (Å²) in [7, 11) is 0. The number of likely N-dealkylation sites (tertiary alicyclic amines) is 1. The Hall–Kier alpha value is -2.61. The number of amides is 1. The van der Waals surface area contributed by atoms with Gasteiger partial charge >= 0.3 is 0 Å². The van der Waals surface area contributed by atoms with Crippen molar-refractivity contribution in [2.45, 2.75) is 32.1 Å². The molecule has 26 heavy (non-hydrogen) atoms. The summed E-state index contributed by atoms with van der Waals surface area (Å²) in [6.07, 6.45) is 5.05. The van der Waals surface area contributed by atoms with E-state index in [0.29, 0.717) is 23.9 Å². The zero-order valence-corrected chi connectivity index (χ0v) is 15.0. The molecule has 0 atom stereocenters. The number of nitriles is 1. The molecule has 2 saturated heterocycles. The molecule has 134 valence electrons. The van der Waals surface area contributed by atoms with E-state index in [0.717, 1.165) is 68.5 Å². The van der Waals surface area contributed by atoms with Gasteiger partial charge in [-0.15, -0.1) is 0 Å². The Balaban J connectivity index is 1.46. The molecule has 5 heteroatoms. The predicted molar refractivity (Wildman–Crippen MR) is 102 cm³/mol. The van der Waals surface area contributed by atoms with E-state index in [9.17, 15) is 10.1 Å². The Morgan fingerprint density at radius 2 is 1.88 bits per heavy atom. The van der Waals surface area contributed by atoms with Crippen molar-refractivity contribution in [3.8, 4) is 6.07 Å². The van der Waals surface area contributed by atoms with Crippen LogP contribution < -0.4 is 4.90 Å². The highest BCUT2D eigenvalue weighted by Gasteiger charge is 2.26. The SMILES string of the molecule is N#Cc1cc(N2CCC(CC(=O)N3CCCC3)CC2)c2ccccc2n1. The molecule has 5 nitrogen and oxygen atoms in total. The largest absolute Gasteiger partial charge is 0.371 e. The van der Waals surface area contributed by atoms with E-state index in [-0.39, 0.29) is 0 Å². The summed E-state index contributed by atoms with van der Waals surface area (Å²) in [5.74, 6) is 0.810. The molecule has 0 N–H and O–H groups in total. The van der Waals surface area contributed by atoms with Crippen LogP contribution in [0.2, 0.25) is 0 Å². The quantitative estimate of drug-likeness (QED) is 0.853. The maximum absolute atomic E-state index is 12.4. The van der Waals surface area contributed by atoms with Gasteiger partial charge in [0.25, 0.3) is 0 Å². The number of pyridine rings is 1. The van der Waals surface area contributed by atoms with Crippen molar-refractivity contribution in [2.24, 2.45) is 5.92 Å². The number of anilines is 1. The van der Waals surface area contributed by atoms with Crippen molar-refractivity contribution in [1.82, 2.24) is 9.88 Å². The Kier molecular flexibility index (Phi) is 4.75. The molecular weight excluding hydrogens is 324 g/mol. The van der Waals surface area contributed by atoms with Crippen molar-refractivity contribution in [3.05, 3.63) is 36.0 Å². The lowest BCUT2D eigenvalue weighted by Gasteiger charge is -2.34. The zero-order valence-electron chi connectivity index (χ0n) is 15.0. The van der Waals surface area contributed by atoms with E-state index < -0.39 is 0 Å². The Morgan fingerprint density at radius 1 is 1.15 bits per heavy atom. The number of fused-ring (bicyclic) bond motifs is 1. The molecule has 0 saturated carbocycles. The standard InChI is InChI=1S/C21H24N4O/c22-15-17-14-20(18-5-1-2-6-19(18)23-17)24-11-7-16(8-12-24)13-21(26)25-9-3-4-10-25/h1-2,5-6,14,16H,3-4,7-13H2. The number of hydrogen-bond donors (Lipinski definition) is 0. The van der Waals surface area contributed by atoms with E-state index in [1.165, 1.54) is 0 Å². The van der Waals surface area contributed by atoms with Crippen molar-refractivity contribution in [2.75, 3.05) is 31.1 Å². The fraction of sp³-hybridized carbons (Fsp3) is 0.476. The monoisotopic (exact) mass is 348 g/mol. The number of carbonyl (C=O) groups excluding carboxylic acids is 1. The predicted octanol–water partition coefficient (Wildman–Crippen LogP) is 3.34. The van der Waals surface area contributed by atoms with Gasteiger partial charge in [0.1, 0.15) is 11.8 Å². The highest BCUT2D eigenvalue weighted by atomic mass is 16.2. The molecule has 0 bridgehead atoms. The number of piperidine rings is 1. The molecule has 1 aromatic carbocycles. The second-order valence-corrected chi connectivity index (χ2v) is 7.38. The van der Waals surface area contributed by atoms with Crippen LogP contribution in [0.3, 0.4) is 0 Å². The van der Waals surface area contributed by atoms with Crippen molar-refractivity contribution < 1.29 is 4.79 Å². The fourth-order valence-electron chi connectivity index (χ4n) is 4.20. The summed E-state index contributed by atoms with van der Waals surface area (Å²) >= 11 is 0. The number of rotatable bonds is 3. The van der Waals surface area contributed by atoms with Gasteiger partial charge < -0.3 is 9.80 Å². The molecule has 2 fully saturated rings. The third kappa shape index (κ3) is 3.37. The smallest absolute Gasteiger partial charge is 0.222 e. The van der Waals surface area contributed by atoms with Gasteiger partial charge in [-0.05, 0) is 43.7 Å². The number of benzene rings is 1. The summed E-state index contributed by atoms with van der Waals surface area (Å²) in [5.41, 5.74) is 2.43. The number of carbonyl (C=O) groups is 1. The van der Waals surface area contributed by atoms with E-state index in [4.69, 9.17) is 0 Å². The Bertz CT molecular complexity index is 843. The third-order valence-electron chi connectivity index (χ3n) is 5.69. The van der Waals surface area contributed by atoms with Gasteiger partial charge in [-0.25, -0.2) is 4.98 Å². The molecule has 0 unspecified atom stereocenters. The van der Waals surface area contributed by atoms with E-state index in [1.807, 2.05) is 29.2 Å². The lowest BCUT2D eigenvalue weighted by molar-refractivity contribution is -0.131. The van der Waals surface area contributed by atoms with Crippen molar-refractivity contribution in [3.63, 3.8) is 0 Å². The Morgan fingerprint density at radius 3 is 2.62 bits per heavy atom. The van der Waals surface area contributed by atoms with Gasteiger partial charge in [-0.3, -0.25) is 4.79 Å². The number of nitrogens with zero attached hydrogens (tertiary/aromatic N) is 4. The summed E-state index contributed by atoms with van der Waals surface area (Å²) in [6.45, 7) is 3.74. The first-order chi connectivity index (χ1) is 12.7. The summed E-state index contributed by atoms with van der Waals surface area (Å²) in [4.78, 5) is 21.2. The van der Waals surface area contributed by atoms with Crippen LogP contribution in [-0.2, 0) is 4.79 Å². The minimum Gasteiger partial charge on any atom is -0.371 e. The molecule has 3 heterocycles. The molecule has 2 aromatic rings. The average Bonchev–Trinajstić information content (AvgIpc) is 3.23. The molecule has 4 rings (SSSR count). The zero-order chi connectivity index (χ0) is 17.9. The number of para-hydroxylation sites is 1. The number of aromatic nitrogens is 1. The first-order valence-electron chi connectivity index (χ1n) is 9.57. The first-order valence-corrected chi connectivity index (χ1v) is 9.57. The minimum absolute atomic E-state index is 0.335. The van der Waals surface area contributed by atoms with Crippen LogP contribution in [-0.4, -0.2) is 42.0 Å². The molecule has 0 aliphatic carbocycles. The maximum Gasteiger partial charge on any atom is 0.222 e. The van der Waals surface area contributed by atoms with E-state index in [1.54, 1.807) is 0 Å². The normalized spacial score (nSPS) is 18.3. The molecule has 1 amide bonds. The van der Waals surface area contributed by atoms with Crippen LogP contribution in [0.5, 0.6) is 0 Å². The van der Waals surface area contributed by atoms with Crippen LogP contribution >= 0.6 is 0 Å². The maximum atomic E-state index is 12.4. The summed E-state index contributed by atoms with van der Waals surface area (Å²) in [6, 6.07) is 12.1. The van der Waals surface area contributed by atoms with E-state index >= 15 is 0 Å². The summed E-state index contributed by atoms with van der Waals surface area (Å²) in [5, 5.41) is 10.4. The van der Waals surface area contributed by atoms with Crippen LogP contribution in [0.4, 0.5) is 5.69 Å². The molecule has 1 aromatic heterocycles. The molecular formula is C21H24N4O. The number of hydrogen-bond acceptors (Lipinski definition) is 4. The Labute approximate surface area is 154 Å². The van der Waals surface area contributed by atoms with Gasteiger partial charge in [0.2, 0.25) is 5.91 Å². The third-order valence-corrected chi connectivity index (χ3v) is 5.69. The van der Waals surface area contributed by atoms with Crippen LogP contribution in [0.1, 0.15) is 37.8 Å². The van der Waals surface area contributed by atoms with Crippen molar-refractivity contribution >= 4 is 22.5 Å². The van der Waals surface area contributed by atoms with Gasteiger partial charge in [-0.1, -0.05) is 18.2 Å². The average molecular weight is 348 g/mol. The van der Waals surface area contributed by atoms with Crippen LogP contribution in [0.25, 0.3) is 10.9 Å². The van der Waals surface area contributed by atoms with Gasteiger partial charge in [0.05, 0.1) is 5.52 Å². The topological polar surface area (TPSA) is 60.2 Å². The van der Waals surface area contributed by atoms with Gasteiger partial charge in [0.15, 0.2) is 0 Å². The lowest BCUT2D eigenvalue weighted by Crippen LogP contribution is -2.36. The van der Waals surface area contributed by atoms with Gasteiger partial charge in [-0.2, -0.15) is 5.26 Å². The highest BCUT2D eigenvalue weighted by molar-refractivity contribution is 5.92. The fourth-order valence-corrected chi connectivity index (χ4v) is 4.20. The second kappa shape index (κ2) is 7.33. The lowest BCUT2D eigenvalue weighted by atomic mass is 9.92. The second-order valence-electron chi connectivity index (χ2n) is 7.38. The highest BCUT2D eigenvalue weighted by Crippen LogP contribution is 2.31.